The quantitative estimate of drug-likeness (QED) is 0.639. The molecule has 1 heterocycles. The second kappa shape index (κ2) is 9.73. The van der Waals surface area contributed by atoms with Crippen molar-refractivity contribution >= 4 is 35.3 Å². The minimum absolute atomic E-state index is 0.0474. The van der Waals surface area contributed by atoms with Gasteiger partial charge in [-0.05, 0) is 54.5 Å². The van der Waals surface area contributed by atoms with E-state index in [9.17, 15) is 9.59 Å². The number of carbonyl (C=O) groups is 2. The molecule has 0 saturated heterocycles. The van der Waals surface area contributed by atoms with E-state index in [1.54, 1.807) is 4.90 Å². The number of amides is 2. The summed E-state index contributed by atoms with van der Waals surface area (Å²) in [5, 5.41) is 3.19. The van der Waals surface area contributed by atoms with E-state index < -0.39 is 0 Å². The second-order valence-corrected chi connectivity index (χ2v) is 9.58. The normalized spacial score (nSPS) is 22.3. The highest BCUT2D eigenvalue weighted by Gasteiger charge is 2.31. The molecule has 0 aromatic heterocycles. The third-order valence-electron chi connectivity index (χ3n) is 6.28. The summed E-state index contributed by atoms with van der Waals surface area (Å²) >= 11 is 1.47. The summed E-state index contributed by atoms with van der Waals surface area (Å²) < 4.78 is 0. The Kier molecular flexibility index (Phi) is 6.81. The first-order chi connectivity index (χ1) is 15.0. The van der Waals surface area contributed by atoms with Gasteiger partial charge < -0.3 is 5.32 Å². The zero-order valence-electron chi connectivity index (χ0n) is 18.3. The predicted octanol–water partition coefficient (Wildman–Crippen LogP) is 5.42. The van der Waals surface area contributed by atoms with Crippen LogP contribution in [0.4, 0.5) is 5.69 Å². The van der Waals surface area contributed by atoms with Crippen LogP contribution in [0.1, 0.15) is 50.7 Å². The van der Waals surface area contributed by atoms with Crippen LogP contribution in [0.3, 0.4) is 0 Å². The van der Waals surface area contributed by atoms with Gasteiger partial charge in [-0.2, -0.15) is 0 Å². The molecule has 2 aromatic rings. The molecule has 0 bridgehead atoms. The summed E-state index contributed by atoms with van der Waals surface area (Å²) in [6.07, 6.45) is 7.47. The maximum absolute atomic E-state index is 13.4. The Bertz CT molecular complexity index is 983. The number of fused-ring (bicyclic) bond motifs is 1. The van der Waals surface area contributed by atoms with Crippen LogP contribution in [0.25, 0.3) is 6.08 Å². The van der Waals surface area contributed by atoms with Crippen LogP contribution in [0.2, 0.25) is 0 Å². The van der Waals surface area contributed by atoms with E-state index in [-0.39, 0.29) is 24.4 Å². The molecule has 0 radical (unpaired) electrons. The Morgan fingerprint density at radius 3 is 2.61 bits per heavy atom. The van der Waals surface area contributed by atoms with Crippen LogP contribution in [0.5, 0.6) is 0 Å². The van der Waals surface area contributed by atoms with E-state index in [2.05, 4.69) is 31.3 Å². The zero-order chi connectivity index (χ0) is 21.8. The lowest BCUT2D eigenvalue weighted by Crippen LogP contribution is -2.48. The number of carbonyl (C=O) groups excluding carboxylic acids is 2. The number of hydrogen-bond donors (Lipinski definition) is 1. The molecule has 1 aliphatic carbocycles. The molecular weight excluding hydrogens is 404 g/mol. The zero-order valence-corrected chi connectivity index (χ0v) is 19.1. The standard InChI is InChI=1S/C26H30N2O2S/c1-3-19-12-14-20(15-13-19)16-24-26(30)28(22-10-6-7-11-23(22)31-24)17-25(29)27-21-9-5-4-8-18(21)2/h6-7,10-16,18,21H,3-5,8-9,17H2,1-2H3,(H,27,29)/b24-16+/t18-,21+/m1/s1. The Morgan fingerprint density at radius 2 is 1.87 bits per heavy atom. The minimum Gasteiger partial charge on any atom is -0.352 e. The fourth-order valence-electron chi connectivity index (χ4n) is 4.35. The first kappa shape index (κ1) is 21.7. The van der Waals surface area contributed by atoms with Crippen molar-refractivity contribution < 1.29 is 9.59 Å². The number of thioether (sulfide) groups is 1. The molecule has 2 atom stereocenters. The van der Waals surface area contributed by atoms with E-state index in [0.29, 0.717) is 10.8 Å². The van der Waals surface area contributed by atoms with Gasteiger partial charge in [-0.1, -0.05) is 74.8 Å². The molecule has 162 valence electrons. The van der Waals surface area contributed by atoms with Gasteiger partial charge in [0.2, 0.25) is 5.91 Å². The van der Waals surface area contributed by atoms with Gasteiger partial charge in [0, 0.05) is 10.9 Å². The SMILES string of the molecule is CCc1ccc(/C=C2/Sc3ccccc3N(CC(=O)N[C@H]3CCCC[C@H]3C)C2=O)cc1. The molecule has 5 heteroatoms. The van der Waals surface area contributed by atoms with Gasteiger partial charge in [0.05, 0.1) is 10.6 Å². The average molecular weight is 435 g/mol. The molecule has 1 aliphatic heterocycles. The van der Waals surface area contributed by atoms with Gasteiger partial charge in [0.1, 0.15) is 6.54 Å². The van der Waals surface area contributed by atoms with Crippen molar-refractivity contribution in [1.29, 1.82) is 0 Å². The van der Waals surface area contributed by atoms with Crippen molar-refractivity contribution in [1.82, 2.24) is 5.32 Å². The van der Waals surface area contributed by atoms with E-state index in [1.165, 1.54) is 23.7 Å². The van der Waals surface area contributed by atoms with Gasteiger partial charge in [-0.15, -0.1) is 0 Å². The lowest BCUT2D eigenvalue weighted by atomic mass is 9.86. The fourth-order valence-corrected chi connectivity index (χ4v) is 5.41. The summed E-state index contributed by atoms with van der Waals surface area (Å²) in [7, 11) is 0. The number of para-hydroxylation sites is 1. The van der Waals surface area contributed by atoms with E-state index in [1.807, 2.05) is 42.5 Å². The van der Waals surface area contributed by atoms with Crippen molar-refractivity contribution in [2.45, 2.75) is 56.9 Å². The first-order valence-electron chi connectivity index (χ1n) is 11.2. The monoisotopic (exact) mass is 434 g/mol. The van der Waals surface area contributed by atoms with Crippen LogP contribution in [0, 0.1) is 5.92 Å². The molecule has 31 heavy (non-hydrogen) atoms. The van der Waals surface area contributed by atoms with Crippen LogP contribution in [-0.4, -0.2) is 24.4 Å². The highest BCUT2D eigenvalue weighted by atomic mass is 32.2. The molecule has 2 aromatic carbocycles. The van der Waals surface area contributed by atoms with Crippen molar-refractivity contribution in [2.24, 2.45) is 5.92 Å². The summed E-state index contributed by atoms with van der Waals surface area (Å²) in [4.78, 5) is 29.5. The Morgan fingerprint density at radius 1 is 1.13 bits per heavy atom. The molecule has 1 fully saturated rings. The molecular formula is C26H30N2O2S. The van der Waals surface area contributed by atoms with E-state index in [0.717, 1.165) is 41.8 Å². The van der Waals surface area contributed by atoms with Crippen molar-refractivity contribution in [2.75, 3.05) is 11.4 Å². The summed E-state index contributed by atoms with van der Waals surface area (Å²) in [5.41, 5.74) is 3.07. The fraction of sp³-hybridized carbons (Fsp3) is 0.385. The average Bonchev–Trinajstić information content (AvgIpc) is 2.78. The third-order valence-corrected chi connectivity index (χ3v) is 7.35. The van der Waals surface area contributed by atoms with Crippen LogP contribution in [0.15, 0.2) is 58.3 Å². The molecule has 4 nitrogen and oxygen atoms in total. The summed E-state index contributed by atoms with van der Waals surface area (Å²) in [6, 6.07) is 16.3. The Balaban J connectivity index is 1.56. The van der Waals surface area contributed by atoms with Gasteiger partial charge in [0.25, 0.3) is 5.91 Å². The summed E-state index contributed by atoms with van der Waals surface area (Å²) in [5.74, 6) is 0.287. The lowest BCUT2D eigenvalue weighted by molar-refractivity contribution is -0.123. The van der Waals surface area contributed by atoms with Crippen molar-refractivity contribution in [3.8, 4) is 0 Å². The second-order valence-electron chi connectivity index (χ2n) is 8.50. The maximum atomic E-state index is 13.4. The number of anilines is 1. The van der Waals surface area contributed by atoms with Gasteiger partial charge in [-0.25, -0.2) is 0 Å². The highest BCUT2D eigenvalue weighted by molar-refractivity contribution is 8.04. The number of nitrogens with one attached hydrogen (secondary N) is 1. The number of rotatable bonds is 5. The number of nitrogens with zero attached hydrogens (tertiary/aromatic N) is 1. The van der Waals surface area contributed by atoms with E-state index in [4.69, 9.17) is 0 Å². The topological polar surface area (TPSA) is 49.4 Å². The van der Waals surface area contributed by atoms with Gasteiger partial charge in [0.15, 0.2) is 0 Å². The molecule has 1 N–H and O–H groups in total. The van der Waals surface area contributed by atoms with Gasteiger partial charge >= 0.3 is 0 Å². The molecule has 1 saturated carbocycles. The molecule has 4 rings (SSSR count). The number of benzene rings is 2. The third kappa shape index (κ3) is 5.04. The van der Waals surface area contributed by atoms with Crippen LogP contribution < -0.4 is 10.2 Å². The number of hydrogen-bond acceptors (Lipinski definition) is 3. The first-order valence-corrected chi connectivity index (χ1v) is 12.1. The molecule has 0 unspecified atom stereocenters. The lowest BCUT2D eigenvalue weighted by Gasteiger charge is -2.32. The molecule has 0 spiro atoms. The maximum Gasteiger partial charge on any atom is 0.265 e. The molecule has 2 amide bonds. The molecule has 2 aliphatic rings. The smallest absolute Gasteiger partial charge is 0.265 e. The Labute approximate surface area is 189 Å². The van der Waals surface area contributed by atoms with E-state index >= 15 is 0 Å². The van der Waals surface area contributed by atoms with Crippen molar-refractivity contribution in [3.05, 3.63) is 64.6 Å². The largest absolute Gasteiger partial charge is 0.352 e. The Hall–Kier alpha value is -2.53. The number of aryl methyl sites for hydroxylation is 1. The highest BCUT2D eigenvalue weighted by Crippen LogP contribution is 2.42. The van der Waals surface area contributed by atoms with Crippen LogP contribution >= 0.6 is 11.8 Å². The van der Waals surface area contributed by atoms with Crippen molar-refractivity contribution in [3.63, 3.8) is 0 Å². The summed E-state index contributed by atoms with van der Waals surface area (Å²) in [6.45, 7) is 4.38. The van der Waals surface area contributed by atoms with Crippen LogP contribution in [-0.2, 0) is 16.0 Å². The van der Waals surface area contributed by atoms with Gasteiger partial charge in [-0.3, -0.25) is 14.5 Å². The predicted molar refractivity (Wildman–Crippen MR) is 128 cm³/mol. The minimum atomic E-state index is -0.116.